The van der Waals surface area contributed by atoms with Crippen molar-refractivity contribution in [2.45, 2.75) is 24.8 Å². The highest BCUT2D eigenvalue weighted by Crippen LogP contribution is 2.48. The van der Waals surface area contributed by atoms with E-state index in [1.807, 2.05) is 0 Å². The van der Waals surface area contributed by atoms with Crippen LogP contribution >= 0.6 is 0 Å². The van der Waals surface area contributed by atoms with E-state index >= 15 is 0 Å². The summed E-state index contributed by atoms with van der Waals surface area (Å²) in [6.07, 6.45) is 1.78. The van der Waals surface area contributed by atoms with Crippen LogP contribution in [0.2, 0.25) is 0 Å². The fourth-order valence-electron chi connectivity index (χ4n) is 4.15. The van der Waals surface area contributed by atoms with Crippen LogP contribution in [0, 0.1) is 11.3 Å². The zero-order valence-corrected chi connectivity index (χ0v) is 13.2. The lowest BCUT2D eigenvalue weighted by atomic mass is 9.89. The molecule has 0 spiro atoms. The third-order valence-corrected chi connectivity index (χ3v) is 5.16. The first-order valence-electron chi connectivity index (χ1n) is 8.41. The predicted octanol–water partition coefficient (Wildman–Crippen LogP) is 3.91. The highest BCUT2D eigenvalue weighted by Gasteiger charge is 2.41. The Hall–Kier alpha value is -2.31. The standard InChI is InChI=1S/C20H21N3/c21-12-6-13-22-14-11-20-18(15-22)17-9-4-5-10-19(17)23(20)16-7-2-1-3-8-16/h1-5,7-10,18,20H,6,11,13-15H2/t18-,20+/m0/s1. The van der Waals surface area contributed by atoms with Gasteiger partial charge in [0.05, 0.1) is 6.07 Å². The molecule has 2 aliphatic heterocycles. The van der Waals surface area contributed by atoms with Crippen LogP contribution in [0.15, 0.2) is 54.6 Å². The van der Waals surface area contributed by atoms with E-state index in [4.69, 9.17) is 5.26 Å². The summed E-state index contributed by atoms with van der Waals surface area (Å²) in [5.41, 5.74) is 4.11. The maximum Gasteiger partial charge on any atom is 0.0635 e. The molecule has 2 aliphatic rings. The van der Waals surface area contributed by atoms with Crippen molar-refractivity contribution < 1.29 is 0 Å². The lowest BCUT2D eigenvalue weighted by molar-refractivity contribution is 0.200. The van der Waals surface area contributed by atoms with E-state index in [1.165, 1.54) is 16.9 Å². The van der Waals surface area contributed by atoms with Gasteiger partial charge in [0, 0.05) is 49.4 Å². The first-order valence-corrected chi connectivity index (χ1v) is 8.41. The zero-order valence-electron chi connectivity index (χ0n) is 13.2. The maximum absolute atomic E-state index is 8.85. The van der Waals surface area contributed by atoms with Crippen LogP contribution in [0.4, 0.5) is 11.4 Å². The zero-order chi connectivity index (χ0) is 15.6. The summed E-state index contributed by atoms with van der Waals surface area (Å²) < 4.78 is 0. The number of rotatable bonds is 3. The van der Waals surface area contributed by atoms with Crippen molar-refractivity contribution in [2.75, 3.05) is 24.5 Å². The molecule has 2 aromatic carbocycles. The van der Waals surface area contributed by atoms with Crippen LogP contribution in [-0.4, -0.2) is 30.6 Å². The normalized spacial score (nSPS) is 23.2. The van der Waals surface area contributed by atoms with Crippen molar-refractivity contribution in [2.24, 2.45) is 0 Å². The fourth-order valence-corrected chi connectivity index (χ4v) is 4.15. The van der Waals surface area contributed by atoms with Gasteiger partial charge in [-0.25, -0.2) is 0 Å². The highest BCUT2D eigenvalue weighted by molar-refractivity contribution is 5.72. The number of likely N-dealkylation sites (tertiary alicyclic amines) is 1. The second-order valence-corrected chi connectivity index (χ2v) is 6.44. The number of hydrogen-bond acceptors (Lipinski definition) is 3. The van der Waals surface area contributed by atoms with Gasteiger partial charge >= 0.3 is 0 Å². The molecule has 0 N–H and O–H groups in total. The predicted molar refractivity (Wildman–Crippen MR) is 92.8 cm³/mol. The molecule has 1 saturated heterocycles. The lowest BCUT2D eigenvalue weighted by Gasteiger charge is -2.38. The van der Waals surface area contributed by atoms with Crippen LogP contribution in [0.3, 0.4) is 0 Å². The van der Waals surface area contributed by atoms with Crippen molar-refractivity contribution in [1.82, 2.24) is 4.90 Å². The third-order valence-electron chi connectivity index (χ3n) is 5.16. The number of piperidine rings is 1. The average molecular weight is 303 g/mol. The fraction of sp³-hybridized carbons (Fsp3) is 0.350. The maximum atomic E-state index is 8.85. The first-order chi connectivity index (χ1) is 11.4. The number of para-hydroxylation sites is 2. The van der Waals surface area contributed by atoms with Crippen LogP contribution in [0.1, 0.15) is 24.3 Å². The van der Waals surface area contributed by atoms with Crippen molar-refractivity contribution in [1.29, 1.82) is 5.26 Å². The molecule has 2 aromatic rings. The van der Waals surface area contributed by atoms with Crippen molar-refractivity contribution >= 4 is 11.4 Å². The summed E-state index contributed by atoms with van der Waals surface area (Å²) in [7, 11) is 0. The second kappa shape index (κ2) is 6.06. The summed E-state index contributed by atoms with van der Waals surface area (Å²) in [6, 6.07) is 22.4. The average Bonchev–Trinajstić information content (AvgIpc) is 2.94. The first kappa shape index (κ1) is 14.3. The molecule has 0 saturated carbocycles. The molecule has 0 unspecified atom stereocenters. The second-order valence-electron chi connectivity index (χ2n) is 6.44. The summed E-state index contributed by atoms with van der Waals surface area (Å²) in [5, 5.41) is 8.85. The summed E-state index contributed by atoms with van der Waals surface area (Å²) in [6.45, 7) is 3.04. The Morgan fingerprint density at radius 3 is 2.65 bits per heavy atom. The number of nitrogens with zero attached hydrogens (tertiary/aromatic N) is 3. The van der Waals surface area contributed by atoms with E-state index in [0.29, 0.717) is 18.4 Å². The van der Waals surface area contributed by atoms with Gasteiger partial charge in [-0.2, -0.15) is 5.26 Å². The Kier molecular flexibility index (Phi) is 3.77. The van der Waals surface area contributed by atoms with Gasteiger partial charge in [0.15, 0.2) is 0 Å². The van der Waals surface area contributed by atoms with E-state index in [-0.39, 0.29) is 0 Å². The van der Waals surface area contributed by atoms with Crippen LogP contribution in [-0.2, 0) is 0 Å². The SMILES string of the molecule is N#CCCN1CC[C@@H]2[C@@H](C1)c1ccccc1N2c1ccccc1. The molecule has 2 atom stereocenters. The number of fused-ring (bicyclic) bond motifs is 3. The minimum atomic E-state index is 0.535. The van der Waals surface area contributed by atoms with Gasteiger partial charge in [0.1, 0.15) is 0 Å². The minimum absolute atomic E-state index is 0.535. The molecule has 0 aromatic heterocycles. The summed E-state index contributed by atoms with van der Waals surface area (Å²) >= 11 is 0. The Bertz CT molecular complexity index is 719. The van der Waals surface area contributed by atoms with Crippen LogP contribution in [0.25, 0.3) is 0 Å². The van der Waals surface area contributed by atoms with E-state index in [9.17, 15) is 0 Å². The molecule has 4 rings (SSSR count). The van der Waals surface area contributed by atoms with Crippen LogP contribution < -0.4 is 4.90 Å². The topological polar surface area (TPSA) is 30.3 Å². The largest absolute Gasteiger partial charge is 0.337 e. The number of hydrogen-bond donors (Lipinski definition) is 0. The van der Waals surface area contributed by atoms with E-state index < -0.39 is 0 Å². The molecule has 0 aliphatic carbocycles. The van der Waals surface area contributed by atoms with E-state index in [2.05, 4.69) is 70.5 Å². The van der Waals surface area contributed by atoms with Gasteiger partial charge in [-0.05, 0) is 30.2 Å². The molecular weight excluding hydrogens is 282 g/mol. The molecule has 2 heterocycles. The Morgan fingerprint density at radius 1 is 1.04 bits per heavy atom. The number of benzene rings is 2. The summed E-state index contributed by atoms with van der Waals surface area (Å²) in [5.74, 6) is 0.541. The highest BCUT2D eigenvalue weighted by atomic mass is 15.2. The molecule has 0 radical (unpaired) electrons. The van der Waals surface area contributed by atoms with Gasteiger partial charge in [0.25, 0.3) is 0 Å². The minimum Gasteiger partial charge on any atom is -0.337 e. The number of anilines is 2. The molecule has 116 valence electrons. The molecule has 1 fully saturated rings. The molecule has 23 heavy (non-hydrogen) atoms. The molecular formula is C20H21N3. The monoisotopic (exact) mass is 303 g/mol. The molecule has 3 heteroatoms. The van der Waals surface area contributed by atoms with Crippen molar-refractivity contribution in [3.63, 3.8) is 0 Å². The Balaban J connectivity index is 1.68. The lowest BCUT2D eigenvalue weighted by Crippen LogP contribution is -2.45. The van der Waals surface area contributed by atoms with Crippen molar-refractivity contribution in [3.05, 3.63) is 60.2 Å². The van der Waals surface area contributed by atoms with Gasteiger partial charge in [0.2, 0.25) is 0 Å². The smallest absolute Gasteiger partial charge is 0.0635 e. The van der Waals surface area contributed by atoms with Gasteiger partial charge in [-0.1, -0.05) is 36.4 Å². The quantitative estimate of drug-likeness (QED) is 0.861. The molecule has 0 amide bonds. The van der Waals surface area contributed by atoms with E-state index in [1.54, 1.807) is 0 Å². The number of nitriles is 1. The van der Waals surface area contributed by atoms with Crippen LogP contribution in [0.5, 0.6) is 0 Å². The third kappa shape index (κ3) is 2.50. The van der Waals surface area contributed by atoms with Gasteiger partial charge in [-0.15, -0.1) is 0 Å². The Labute approximate surface area is 137 Å². The molecule has 3 nitrogen and oxygen atoms in total. The van der Waals surface area contributed by atoms with Gasteiger partial charge < -0.3 is 9.80 Å². The van der Waals surface area contributed by atoms with Gasteiger partial charge in [-0.3, -0.25) is 0 Å². The van der Waals surface area contributed by atoms with Crippen molar-refractivity contribution in [3.8, 4) is 6.07 Å². The Morgan fingerprint density at radius 2 is 1.83 bits per heavy atom. The molecule has 0 bridgehead atoms. The van der Waals surface area contributed by atoms with E-state index in [0.717, 1.165) is 26.1 Å². The summed E-state index contributed by atoms with van der Waals surface area (Å²) in [4.78, 5) is 4.98.